The Hall–Kier alpha value is -4.01. The van der Waals surface area contributed by atoms with Gasteiger partial charge in [0.05, 0.1) is 19.1 Å². The molecule has 9 heteroatoms. The molecule has 0 saturated carbocycles. The van der Waals surface area contributed by atoms with Crippen LogP contribution in [-0.4, -0.2) is 60.3 Å². The summed E-state index contributed by atoms with van der Waals surface area (Å²) in [6.07, 6.45) is 2.98. The number of hydrogen-bond acceptors (Lipinski definition) is 5. The van der Waals surface area contributed by atoms with Crippen LogP contribution in [0.3, 0.4) is 0 Å². The van der Waals surface area contributed by atoms with E-state index in [9.17, 15) is 9.59 Å². The Balaban J connectivity index is 1.36. The lowest BCUT2D eigenvalue weighted by Gasteiger charge is -2.36. The highest BCUT2D eigenvalue weighted by Crippen LogP contribution is 2.14. The Labute approximate surface area is 192 Å². The maximum absolute atomic E-state index is 12.5. The van der Waals surface area contributed by atoms with Crippen LogP contribution in [0.4, 0.5) is 5.69 Å². The van der Waals surface area contributed by atoms with Crippen LogP contribution in [0.15, 0.2) is 74.9 Å². The second-order valence-corrected chi connectivity index (χ2v) is 7.56. The molecule has 0 bridgehead atoms. The van der Waals surface area contributed by atoms with Gasteiger partial charge < -0.3 is 29.3 Å². The minimum absolute atomic E-state index is 0.0880. The number of amides is 2. The van der Waals surface area contributed by atoms with Crippen molar-refractivity contribution in [3.63, 3.8) is 0 Å². The van der Waals surface area contributed by atoms with E-state index < -0.39 is 0 Å². The number of nitrogens with one attached hydrogen (secondary N) is 2. The van der Waals surface area contributed by atoms with Gasteiger partial charge in [-0.25, -0.2) is 4.99 Å². The van der Waals surface area contributed by atoms with Crippen LogP contribution in [0.5, 0.6) is 0 Å². The fourth-order valence-corrected chi connectivity index (χ4v) is 3.62. The molecule has 1 saturated heterocycles. The highest BCUT2D eigenvalue weighted by atomic mass is 16.3. The standard InChI is InChI=1S/C24H27N5O4/c1-2-25-24(29-12-10-28(11-13-29)23(31)21-9-5-15-33-21)26-17-18-6-3-7-19(16-18)27-22(30)20-8-4-14-32-20/h3-9,14-16H,2,10-13,17H2,1H3,(H,25,26)(H,27,30). The summed E-state index contributed by atoms with van der Waals surface area (Å²) < 4.78 is 10.4. The van der Waals surface area contributed by atoms with Gasteiger partial charge in [-0.2, -0.15) is 0 Å². The van der Waals surface area contributed by atoms with Crippen LogP contribution < -0.4 is 10.6 Å². The Morgan fingerprint density at radius 3 is 2.30 bits per heavy atom. The average Bonchev–Trinajstić information content (AvgIpc) is 3.56. The molecule has 0 spiro atoms. The van der Waals surface area contributed by atoms with E-state index in [1.165, 1.54) is 12.5 Å². The van der Waals surface area contributed by atoms with Crippen molar-refractivity contribution in [2.75, 3.05) is 38.0 Å². The van der Waals surface area contributed by atoms with Gasteiger partial charge in [-0.1, -0.05) is 12.1 Å². The molecular weight excluding hydrogens is 422 g/mol. The lowest BCUT2D eigenvalue weighted by Crippen LogP contribution is -2.53. The first-order chi connectivity index (χ1) is 16.1. The monoisotopic (exact) mass is 449 g/mol. The second kappa shape index (κ2) is 10.5. The van der Waals surface area contributed by atoms with Crippen molar-refractivity contribution in [2.24, 2.45) is 4.99 Å². The van der Waals surface area contributed by atoms with E-state index in [-0.39, 0.29) is 17.6 Å². The average molecular weight is 450 g/mol. The fourth-order valence-electron chi connectivity index (χ4n) is 3.62. The highest BCUT2D eigenvalue weighted by Gasteiger charge is 2.25. The third-order valence-corrected chi connectivity index (χ3v) is 5.27. The molecule has 1 aromatic carbocycles. The molecule has 0 radical (unpaired) electrons. The normalized spacial score (nSPS) is 14.3. The van der Waals surface area contributed by atoms with Gasteiger partial charge in [-0.3, -0.25) is 9.59 Å². The van der Waals surface area contributed by atoms with Crippen molar-refractivity contribution < 1.29 is 18.4 Å². The van der Waals surface area contributed by atoms with Crippen LogP contribution in [0, 0.1) is 0 Å². The van der Waals surface area contributed by atoms with E-state index >= 15 is 0 Å². The molecule has 4 rings (SSSR count). The third-order valence-electron chi connectivity index (χ3n) is 5.27. The van der Waals surface area contributed by atoms with Crippen molar-refractivity contribution in [1.82, 2.24) is 15.1 Å². The molecule has 0 atom stereocenters. The number of furan rings is 2. The molecule has 9 nitrogen and oxygen atoms in total. The van der Waals surface area contributed by atoms with Crippen molar-refractivity contribution in [3.05, 3.63) is 78.1 Å². The summed E-state index contributed by atoms with van der Waals surface area (Å²) in [6, 6.07) is 14.3. The molecule has 2 aromatic heterocycles. The van der Waals surface area contributed by atoms with Gasteiger partial charge in [0.15, 0.2) is 17.5 Å². The maximum Gasteiger partial charge on any atom is 0.291 e. The first kappa shape index (κ1) is 22.2. The zero-order chi connectivity index (χ0) is 23.0. The smallest absolute Gasteiger partial charge is 0.291 e. The summed E-state index contributed by atoms with van der Waals surface area (Å²) >= 11 is 0. The number of benzene rings is 1. The number of aliphatic imine (C=N–C) groups is 1. The van der Waals surface area contributed by atoms with Crippen molar-refractivity contribution in [1.29, 1.82) is 0 Å². The molecule has 1 fully saturated rings. The SMILES string of the molecule is CCNC(=NCc1cccc(NC(=O)c2ccco2)c1)N1CCN(C(=O)c2ccco2)CC1. The first-order valence-corrected chi connectivity index (χ1v) is 10.9. The number of hydrogen-bond donors (Lipinski definition) is 2. The van der Waals surface area contributed by atoms with Gasteiger partial charge in [0.1, 0.15) is 0 Å². The summed E-state index contributed by atoms with van der Waals surface area (Å²) in [5.41, 5.74) is 1.65. The van der Waals surface area contributed by atoms with E-state index in [4.69, 9.17) is 13.8 Å². The molecule has 0 aliphatic carbocycles. The molecular formula is C24H27N5O4. The number of nitrogens with zero attached hydrogens (tertiary/aromatic N) is 3. The van der Waals surface area contributed by atoms with E-state index in [0.717, 1.165) is 18.1 Å². The Morgan fingerprint density at radius 1 is 0.939 bits per heavy atom. The predicted molar refractivity (Wildman–Crippen MR) is 124 cm³/mol. The Bertz CT molecular complexity index is 1080. The summed E-state index contributed by atoms with van der Waals surface area (Å²) in [7, 11) is 0. The first-order valence-electron chi connectivity index (χ1n) is 10.9. The topological polar surface area (TPSA) is 103 Å². The molecule has 33 heavy (non-hydrogen) atoms. The van der Waals surface area contributed by atoms with E-state index in [1.807, 2.05) is 31.2 Å². The fraction of sp³-hybridized carbons (Fsp3) is 0.292. The van der Waals surface area contributed by atoms with Gasteiger partial charge in [0.25, 0.3) is 11.8 Å². The third kappa shape index (κ3) is 5.62. The lowest BCUT2D eigenvalue weighted by atomic mass is 10.2. The summed E-state index contributed by atoms with van der Waals surface area (Å²) in [5.74, 6) is 1.04. The summed E-state index contributed by atoms with van der Waals surface area (Å²) in [5, 5.41) is 6.17. The van der Waals surface area contributed by atoms with Gasteiger partial charge in [0.2, 0.25) is 0 Å². The van der Waals surface area contributed by atoms with Gasteiger partial charge >= 0.3 is 0 Å². The van der Waals surface area contributed by atoms with Crippen molar-refractivity contribution >= 4 is 23.5 Å². The minimum atomic E-state index is -0.295. The molecule has 2 amide bonds. The zero-order valence-corrected chi connectivity index (χ0v) is 18.5. The second-order valence-electron chi connectivity index (χ2n) is 7.56. The lowest BCUT2D eigenvalue weighted by molar-refractivity contribution is 0.0657. The number of piperazine rings is 1. The highest BCUT2D eigenvalue weighted by molar-refractivity contribution is 6.02. The number of carbonyl (C=O) groups is 2. The summed E-state index contributed by atoms with van der Waals surface area (Å²) in [4.78, 5) is 33.4. The van der Waals surface area contributed by atoms with Gasteiger partial charge in [0, 0.05) is 38.4 Å². The zero-order valence-electron chi connectivity index (χ0n) is 18.5. The molecule has 2 N–H and O–H groups in total. The Kier molecular flexibility index (Phi) is 7.09. The van der Waals surface area contributed by atoms with Crippen LogP contribution in [0.2, 0.25) is 0 Å². The van der Waals surface area contributed by atoms with Crippen LogP contribution in [0.25, 0.3) is 0 Å². The van der Waals surface area contributed by atoms with E-state index in [2.05, 4.69) is 15.5 Å². The van der Waals surface area contributed by atoms with Gasteiger partial charge in [-0.15, -0.1) is 0 Å². The maximum atomic E-state index is 12.5. The van der Waals surface area contributed by atoms with Gasteiger partial charge in [-0.05, 0) is 48.9 Å². The van der Waals surface area contributed by atoms with Crippen molar-refractivity contribution in [2.45, 2.75) is 13.5 Å². The largest absolute Gasteiger partial charge is 0.459 e. The van der Waals surface area contributed by atoms with Crippen LogP contribution >= 0.6 is 0 Å². The number of guanidine groups is 1. The van der Waals surface area contributed by atoms with E-state index in [0.29, 0.717) is 44.2 Å². The number of rotatable bonds is 6. The van der Waals surface area contributed by atoms with Crippen molar-refractivity contribution in [3.8, 4) is 0 Å². The van der Waals surface area contributed by atoms with Crippen LogP contribution in [-0.2, 0) is 6.54 Å². The predicted octanol–water partition coefficient (Wildman–Crippen LogP) is 3.05. The molecule has 3 aromatic rings. The number of carbonyl (C=O) groups excluding carboxylic acids is 2. The van der Waals surface area contributed by atoms with E-state index in [1.54, 1.807) is 29.2 Å². The Morgan fingerprint density at radius 2 is 1.64 bits per heavy atom. The number of anilines is 1. The minimum Gasteiger partial charge on any atom is -0.459 e. The molecule has 3 heterocycles. The molecule has 172 valence electrons. The quantitative estimate of drug-likeness (QED) is 0.443. The molecule has 1 aliphatic heterocycles. The molecule has 1 aliphatic rings. The van der Waals surface area contributed by atoms with Crippen LogP contribution in [0.1, 0.15) is 33.6 Å². The summed E-state index contributed by atoms with van der Waals surface area (Å²) in [6.45, 7) is 5.77. The molecule has 0 unspecified atom stereocenters.